The fourth-order valence-electron chi connectivity index (χ4n) is 2.10. The molecule has 0 amide bonds. The van der Waals surface area contributed by atoms with Crippen molar-refractivity contribution in [3.63, 3.8) is 0 Å². The largest absolute Gasteiger partial charge is 0.385 e. The highest BCUT2D eigenvalue weighted by molar-refractivity contribution is 4.79. The Hall–Kier alpha value is -0.160. The second-order valence-corrected chi connectivity index (χ2v) is 5.37. The van der Waals surface area contributed by atoms with Crippen molar-refractivity contribution in [1.29, 1.82) is 0 Å². The molecule has 0 radical (unpaired) electrons. The van der Waals surface area contributed by atoms with E-state index in [9.17, 15) is 5.11 Å². The van der Waals surface area contributed by atoms with Gasteiger partial charge in [0.25, 0.3) is 0 Å². The van der Waals surface area contributed by atoms with Crippen molar-refractivity contribution in [1.82, 2.24) is 4.90 Å². The van der Waals surface area contributed by atoms with Gasteiger partial charge in [-0.15, -0.1) is 0 Å². The van der Waals surface area contributed by atoms with Crippen molar-refractivity contribution in [3.8, 4) is 0 Å². The van der Waals surface area contributed by atoms with Crippen molar-refractivity contribution in [3.05, 3.63) is 0 Å². The lowest BCUT2D eigenvalue weighted by molar-refractivity contribution is -0.242. The van der Waals surface area contributed by atoms with Crippen LogP contribution in [0.3, 0.4) is 0 Å². The molecule has 0 bridgehead atoms. The zero-order chi connectivity index (χ0) is 12.2. The van der Waals surface area contributed by atoms with Crippen LogP contribution < -0.4 is 0 Å². The Morgan fingerprint density at radius 1 is 1.44 bits per heavy atom. The maximum absolute atomic E-state index is 10.0. The Labute approximate surface area is 98.5 Å². The molecule has 1 rings (SSSR count). The molecule has 1 saturated heterocycles. The number of hydrogen-bond donors (Lipinski definition) is 1. The average Bonchev–Trinajstić information content (AvgIpc) is 2.59. The van der Waals surface area contributed by atoms with Crippen molar-refractivity contribution >= 4 is 0 Å². The van der Waals surface area contributed by atoms with Gasteiger partial charge in [0.15, 0.2) is 0 Å². The third-order valence-corrected chi connectivity index (χ3v) is 2.82. The van der Waals surface area contributed by atoms with E-state index in [1.165, 1.54) is 0 Å². The average molecular weight is 231 g/mol. The van der Waals surface area contributed by atoms with E-state index in [2.05, 4.69) is 0 Å². The van der Waals surface area contributed by atoms with E-state index in [-0.39, 0.29) is 5.60 Å². The number of aliphatic hydroxyl groups is 1. The van der Waals surface area contributed by atoms with E-state index in [1.807, 2.05) is 25.7 Å². The van der Waals surface area contributed by atoms with Gasteiger partial charge in [0, 0.05) is 26.3 Å². The molecular weight excluding hydrogens is 206 g/mol. The first kappa shape index (κ1) is 13.9. The number of rotatable bonds is 5. The lowest BCUT2D eigenvalue weighted by atomic mass is 10.1. The molecule has 2 atom stereocenters. The molecule has 2 unspecified atom stereocenters. The van der Waals surface area contributed by atoms with Gasteiger partial charge in [-0.3, -0.25) is 4.90 Å². The van der Waals surface area contributed by atoms with Crippen LogP contribution in [0.25, 0.3) is 0 Å². The Kier molecular flexibility index (Phi) is 5.18. The smallest absolute Gasteiger partial charge is 0.216 e. The first-order valence-electron chi connectivity index (χ1n) is 6.04. The van der Waals surface area contributed by atoms with Crippen molar-refractivity contribution in [2.24, 2.45) is 0 Å². The molecule has 0 aromatic rings. The molecule has 0 saturated carbocycles. The van der Waals surface area contributed by atoms with E-state index in [1.54, 1.807) is 7.11 Å². The summed E-state index contributed by atoms with van der Waals surface area (Å²) in [5, 5.41) is 10.0. The van der Waals surface area contributed by atoms with E-state index < -0.39 is 6.41 Å². The highest BCUT2D eigenvalue weighted by atomic mass is 16.6. The molecule has 4 nitrogen and oxygen atoms in total. The fraction of sp³-hybridized carbons (Fsp3) is 1.00. The molecule has 0 aromatic carbocycles. The SMILES string of the molecule is COCCC1CCCN1C(O)OC(C)(C)C. The fourth-order valence-corrected chi connectivity index (χ4v) is 2.10. The highest BCUT2D eigenvalue weighted by Gasteiger charge is 2.31. The molecule has 1 N–H and O–H groups in total. The molecule has 1 aliphatic heterocycles. The number of hydrogen-bond acceptors (Lipinski definition) is 4. The summed E-state index contributed by atoms with van der Waals surface area (Å²) >= 11 is 0. The molecular formula is C12H25NO3. The second kappa shape index (κ2) is 5.96. The van der Waals surface area contributed by atoms with Gasteiger partial charge in [-0.2, -0.15) is 0 Å². The number of aliphatic hydroxyl groups excluding tert-OH is 1. The van der Waals surface area contributed by atoms with Gasteiger partial charge < -0.3 is 14.6 Å². The van der Waals surface area contributed by atoms with E-state index in [0.29, 0.717) is 6.04 Å². The van der Waals surface area contributed by atoms with Gasteiger partial charge in [0.2, 0.25) is 6.41 Å². The van der Waals surface area contributed by atoms with Gasteiger partial charge in [0.1, 0.15) is 0 Å². The quantitative estimate of drug-likeness (QED) is 0.729. The molecule has 0 spiro atoms. The Bertz CT molecular complexity index is 203. The van der Waals surface area contributed by atoms with Crippen LogP contribution in [0.15, 0.2) is 0 Å². The van der Waals surface area contributed by atoms with Crippen LogP contribution in [0.2, 0.25) is 0 Å². The van der Waals surface area contributed by atoms with Gasteiger partial charge >= 0.3 is 0 Å². The molecule has 1 aliphatic rings. The Morgan fingerprint density at radius 3 is 2.69 bits per heavy atom. The van der Waals surface area contributed by atoms with E-state index >= 15 is 0 Å². The van der Waals surface area contributed by atoms with Crippen LogP contribution in [-0.2, 0) is 9.47 Å². The lowest BCUT2D eigenvalue weighted by Gasteiger charge is -2.33. The summed E-state index contributed by atoms with van der Waals surface area (Å²) < 4.78 is 10.7. The topological polar surface area (TPSA) is 41.9 Å². The third-order valence-electron chi connectivity index (χ3n) is 2.82. The Balaban J connectivity index is 2.44. The molecule has 96 valence electrons. The summed E-state index contributed by atoms with van der Waals surface area (Å²) in [6.07, 6.45) is 2.41. The van der Waals surface area contributed by atoms with E-state index in [4.69, 9.17) is 9.47 Å². The summed E-state index contributed by atoms with van der Waals surface area (Å²) in [6.45, 7) is 7.51. The van der Waals surface area contributed by atoms with Gasteiger partial charge in [-0.05, 0) is 40.0 Å². The summed E-state index contributed by atoms with van der Waals surface area (Å²) in [6, 6.07) is 0.386. The minimum Gasteiger partial charge on any atom is -0.385 e. The van der Waals surface area contributed by atoms with Crippen LogP contribution in [-0.4, -0.2) is 48.3 Å². The van der Waals surface area contributed by atoms with Crippen molar-refractivity contribution < 1.29 is 14.6 Å². The first-order chi connectivity index (χ1) is 7.44. The molecule has 0 aromatic heterocycles. The zero-order valence-corrected chi connectivity index (χ0v) is 10.9. The van der Waals surface area contributed by atoms with Crippen LogP contribution in [0.1, 0.15) is 40.0 Å². The van der Waals surface area contributed by atoms with Crippen LogP contribution in [0.4, 0.5) is 0 Å². The highest BCUT2D eigenvalue weighted by Crippen LogP contribution is 2.24. The minimum absolute atomic E-state index is 0.312. The monoisotopic (exact) mass is 231 g/mol. The van der Waals surface area contributed by atoms with Crippen LogP contribution >= 0.6 is 0 Å². The van der Waals surface area contributed by atoms with Gasteiger partial charge in [-0.1, -0.05) is 0 Å². The van der Waals surface area contributed by atoms with Crippen LogP contribution in [0.5, 0.6) is 0 Å². The zero-order valence-electron chi connectivity index (χ0n) is 10.9. The predicted octanol–water partition coefficient (Wildman–Crippen LogP) is 1.58. The summed E-state index contributed by atoms with van der Waals surface area (Å²) in [5.74, 6) is 0. The third kappa shape index (κ3) is 4.37. The summed E-state index contributed by atoms with van der Waals surface area (Å²) in [7, 11) is 1.71. The van der Waals surface area contributed by atoms with Crippen LogP contribution in [0, 0.1) is 0 Å². The van der Waals surface area contributed by atoms with Crippen molar-refractivity contribution in [2.45, 2.75) is 58.1 Å². The predicted molar refractivity (Wildman–Crippen MR) is 63.1 cm³/mol. The minimum atomic E-state index is -0.788. The van der Waals surface area contributed by atoms with E-state index in [0.717, 1.165) is 32.4 Å². The molecule has 1 heterocycles. The number of methoxy groups -OCH3 is 1. The van der Waals surface area contributed by atoms with Crippen molar-refractivity contribution in [2.75, 3.05) is 20.3 Å². The standard InChI is InChI=1S/C12H25NO3/c1-12(2,3)16-11(14)13-8-5-6-10(13)7-9-15-4/h10-11,14H,5-9H2,1-4H3. The first-order valence-corrected chi connectivity index (χ1v) is 6.04. The normalized spacial score (nSPS) is 24.9. The number of likely N-dealkylation sites (tertiary alicyclic amines) is 1. The molecule has 1 fully saturated rings. The number of nitrogens with zero attached hydrogens (tertiary/aromatic N) is 1. The molecule has 0 aliphatic carbocycles. The molecule has 16 heavy (non-hydrogen) atoms. The molecule has 4 heteroatoms. The van der Waals surface area contributed by atoms with Gasteiger partial charge in [0.05, 0.1) is 5.60 Å². The summed E-state index contributed by atoms with van der Waals surface area (Å²) in [5.41, 5.74) is -0.312. The second-order valence-electron chi connectivity index (χ2n) is 5.37. The Morgan fingerprint density at radius 2 is 2.12 bits per heavy atom. The van der Waals surface area contributed by atoms with Gasteiger partial charge in [-0.25, -0.2) is 0 Å². The number of ether oxygens (including phenoxy) is 2. The summed E-state index contributed by atoms with van der Waals surface area (Å²) in [4.78, 5) is 2.03. The lowest BCUT2D eigenvalue weighted by Crippen LogP contribution is -2.44. The maximum Gasteiger partial charge on any atom is 0.216 e. The maximum atomic E-state index is 10.0.